The molecule has 0 radical (unpaired) electrons. The first kappa shape index (κ1) is 10.3. The fraction of sp³-hybridized carbons (Fsp3) is 1.00. The molecule has 1 N–H and O–H groups in total. The molecule has 2 aliphatic heterocycles. The van der Waals surface area contributed by atoms with Crippen LogP contribution in [0.3, 0.4) is 0 Å². The minimum atomic E-state index is -0.791. The molecule has 2 rings (SSSR count). The van der Waals surface area contributed by atoms with Crippen LogP contribution in [0, 0.1) is 0 Å². The molecule has 0 amide bonds. The van der Waals surface area contributed by atoms with Gasteiger partial charge in [0, 0.05) is 7.11 Å². The molecule has 2 unspecified atom stereocenters. The first-order valence-corrected chi connectivity index (χ1v) is 4.71. The van der Waals surface area contributed by atoms with Gasteiger partial charge in [-0.15, -0.1) is 0 Å². The highest BCUT2D eigenvalue weighted by Gasteiger charge is 2.50. The van der Waals surface area contributed by atoms with Crippen LogP contribution in [0.1, 0.15) is 13.8 Å². The van der Waals surface area contributed by atoms with Gasteiger partial charge in [-0.25, -0.2) is 0 Å². The predicted molar refractivity (Wildman–Crippen MR) is 46.6 cm³/mol. The van der Waals surface area contributed by atoms with Crippen molar-refractivity contribution >= 4 is 0 Å². The van der Waals surface area contributed by atoms with E-state index in [1.165, 1.54) is 7.11 Å². The minimum Gasteiger partial charge on any atom is -0.385 e. The first-order chi connectivity index (χ1) is 6.53. The molecular formula is C9H16O5. The summed E-state index contributed by atoms with van der Waals surface area (Å²) < 4.78 is 21.4. The minimum absolute atomic E-state index is 0.202. The van der Waals surface area contributed by atoms with E-state index < -0.39 is 18.2 Å². The second-order valence-corrected chi connectivity index (χ2v) is 4.07. The van der Waals surface area contributed by atoms with Crippen LogP contribution >= 0.6 is 0 Å². The summed E-state index contributed by atoms with van der Waals surface area (Å²) in [4.78, 5) is 0. The number of methoxy groups -OCH3 is 1. The molecule has 5 heteroatoms. The Labute approximate surface area is 82.9 Å². The predicted octanol–water partition coefficient (Wildman–Crippen LogP) is -0.130. The van der Waals surface area contributed by atoms with Crippen molar-refractivity contribution in [2.75, 3.05) is 13.7 Å². The van der Waals surface area contributed by atoms with E-state index in [9.17, 15) is 5.11 Å². The van der Waals surface area contributed by atoms with Crippen LogP contribution in [0.15, 0.2) is 0 Å². The van der Waals surface area contributed by atoms with E-state index >= 15 is 0 Å². The molecule has 14 heavy (non-hydrogen) atoms. The van der Waals surface area contributed by atoms with Gasteiger partial charge in [-0.2, -0.15) is 0 Å². The Balaban J connectivity index is 2.08. The molecular weight excluding hydrogens is 188 g/mol. The van der Waals surface area contributed by atoms with Crippen LogP contribution in [-0.4, -0.2) is 49.2 Å². The zero-order valence-electron chi connectivity index (χ0n) is 8.60. The van der Waals surface area contributed by atoms with Crippen molar-refractivity contribution in [2.45, 2.75) is 44.2 Å². The van der Waals surface area contributed by atoms with Gasteiger partial charge in [0.25, 0.3) is 0 Å². The molecule has 2 fully saturated rings. The zero-order chi connectivity index (χ0) is 10.3. The molecule has 0 bridgehead atoms. The van der Waals surface area contributed by atoms with Crippen LogP contribution < -0.4 is 0 Å². The first-order valence-electron chi connectivity index (χ1n) is 4.71. The Kier molecular flexibility index (Phi) is 2.53. The van der Waals surface area contributed by atoms with Crippen molar-refractivity contribution in [1.29, 1.82) is 0 Å². The summed E-state index contributed by atoms with van der Waals surface area (Å²) in [6.07, 6.45) is -1.97. The molecule has 0 aromatic rings. The number of ether oxygens (including phenoxy) is 4. The van der Waals surface area contributed by atoms with Gasteiger partial charge in [0.05, 0.1) is 6.61 Å². The molecule has 4 atom stereocenters. The van der Waals surface area contributed by atoms with Crippen molar-refractivity contribution in [3.05, 3.63) is 0 Å². The lowest BCUT2D eigenvalue weighted by Gasteiger charge is -2.33. The van der Waals surface area contributed by atoms with Crippen LogP contribution in [0.4, 0.5) is 0 Å². The van der Waals surface area contributed by atoms with E-state index in [4.69, 9.17) is 18.9 Å². The Bertz CT molecular complexity index is 217. The number of aliphatic hydroxyl groups excluding tert-OH is 1. The summed E-state index contributed by atoms with van der Waals surface area (Å²) in [5, 5.41) is 9.82. The van der Waals surface area contributed by atoms with Crippen molar-refractivity contribution in [2.24, 2.45) is 0 Å². The topological polar surface area (TPSA) is 57.2 Å². The van der Waals surface area contributed by atoms with Crippen molar-refractivity contribution < 1.29 is 24.1 Å². The monoisotopic (exact) mass is 204 g/mol. The number of fused-ring (bicyclic) bond motifs is 1. The Morgan fingerprint density at radius 2 is 2.07 bits per heavy atom. The summed E-state index contributed by atoms with van der Waals surface area (Å²) in [6, 6.07) is 0. The molecule has 2 saturated heterocycles. The van der Waals surface area contributed by atoms with E-state index in [1.54, 1.807) is 0 Å². The van der Waals surface area contributed by atoms with Gasteiger partial charge in [0.2, 0.25) is 0 Å². The van der Waals surface area contributed by atoms with Crippen LogP contribution in [0.5, 0.6) is 0 Å². The second kappa shape index (κ2) is 3.43. The van der Waals surface area contributed by atoms with E-state index in [-0.39, 0.29) is 12.2 Å². The van der Waals surface area contributed by atoms with Crippen molar-refractivity contribution in [3.8, 4) is 0 Å². The molecule has 2 heterocycles. The number of aliphatic hydroxyl groups is 1. The highest BCUT2D eigenvalue weighted by Crippen LogP contribution is 2.34. The quantitative estimate of drug-likeness (QED) is 0.644. The Morgan fingerprint density at radius 1 is 1.36 bits per heavy atom. The van der Waals surface area contributed by atoms with Crippen LogP contribution in [0.2, 0.25) is 0 Å². The van der Waals surface area contributed by atoms with Gasteiger partial charge in [0.15, 0.2) is 12.1 Å². The highest BCUT2D eigenvalue weighted by molar-refractivity contribution is 4.91. The second-order valence-electron chi connectivity index (χ2n) is 4.07. The van der Waals surface area contributed by atoms with Gasteiger partial charge >= 0.3 is 0 Å². The fourth-order valence-electron chi connectivity index (χ4n) is 1.93. The number of hydrogen-bond acceptors (Lipinski definition) is 5. The maximum atomic E-state index is 9.82. The van der Waals surface area contributed by atoms with Crippen molar-refractivity contribution in [1.82, 2.24) is 0 Å². The largest absolute Gasteiger partial charge is 0.385 e. The average molecular weight is 204 g/mol. The third-order valence-electron chi connectivity index (χ3n) is 2.49. The molecule has 0 saturated carbocycles. The van der Waals surface area contributed by atoms with Gasteiger partial charge in [-0.3, -0.25) is 0 Å². The van der Waals surface area contributed by atoms with Gasteiger partial charge in [-0.05, 0) is 13.8 Å². The summed E-state index contributed by atoms with van der Waals surface area (Å²) in [7, 11) is 1.50. The number of rotatable bonds is 1. The zero-order valence-corrected chi connectivity index (χ0v) is 8.60. The third-order valence-corrected chi connectivity index (χ3v) is 2.49. The third kappa shape index (κ3) is 1.66. The summed E-state index contributed by atoms with van der Waals surface area (Å²) in [5.41, 5.74) is 0. The van der Waals surface area contributed by atoms with E-state index in [0.29, 0.717) is 6.61 Å². The standard InChI is InChI=1S/C9H16O5/c1-9(2)13-5-4-12-8(11-3)6(10)7(5)14-9/h5-8,10H,4H2,1-3H3/t5-,6?,7?,8-/m0/s1. The van der Waals surface area contributed by atoms with Crippen molar-refractivity contribution in [3.63, 3.8) is 0 Å². The van der Waals surface area contributed by atoms with Gasteiger partial charge in [0.1, 0.15) is 18.3 Å². The fourth-order valence-corrected chi connectivity index (χ4v) is 1.93. The molecule has 82 valence electrons. The molecule has 0 spiro atoms. The molecule has 0 aliphatic carbocycles. The Hall–Kier alpha value is -0.200. The smallest absolute Gasteiger partial charge is 0.185 e. The highest BCUT2D eigenvalue weighted by atomic mass is 16.8. The van der Waals surface area contributed by atoms with E-state index in [1.807, 2.05) is 13.8 Å². The molecule has 0 aromatic carbocycles. The lowest BCUT2D eigenvalue weighted by atomic mass is 10.1. The average Bonchev–Trinajstić information content (AvgIpc) is 2.42. The maximum absolute atomic E-state index is 9.82. The maximum Gasteiger partial charge on any atom is 0.185 e. The van der Waals surface area contributed by atoms with Gasteiger partial charge < -0.3 is 24.1 Å². The molecule has 5 nitrogen and oxygen atoms in total. The van der Waals surface area contributed by atoms with E-state index in [2.05, 4.69) is 0 Å². The van der Waals surface area contributed by atoms with Gasteiger partial charge in [-0.1, -0.05) is 0 Å². The molecule has 0 aromatic heterocycles. The van der Waals surface area contributed by atoms with Crippen LogP contribution in [0.25, 0.3) is 0 Å². The van der Waals surface area contributed by atoms with Crippen LogP contribution in [-0.2, 0) is 18.9 Å². The SMILES string of the molecule is CO[C@H]1OC[C@@H]2OC(C)(C)OC2C1O. The number of hydrogen-bond donors (Lipinski definition) is 1. The van der Waals surface area contributed by atoms with E-state index in [0.717, 1.165) is 0 Å². The Morgan fingerprint density at radius 3 is 2.71 bits per heavy atom. The normalized spacial score (nSPS) is 46.3. The lowest BCUT2D eigenvalue weighted by molar-refractivity contribution is -0.241. The summed E-state index contributed by atoms with van der Waals surface area (Å²) in [6.45, 7) is 4.03. The lowest BCUT2D eigenvalue weighted by Crippen LogP contribution is -2.52. The summed E-state index contributed by atoms with van der Waals surface area (Å²) >= 11 is 0. The molecule has 2 aliphatic rings. The summed E-state index contributed by atoms with van der Waals surface area (Å²) in [5.74, 6) is -0.650.